The highest BCUT2D eigenvalue weighted by Gasteiger charge is 2.24. The van der Waals surface area contributed by atoms with Gasteiger partial charge < -0.3 is 14.2 Å². The van der Waals surface area contributed by atoms with Crippen molar-refractivity contribution in [2.24, 2.45) is 0 Å². The van der Waals surface area contributed by atoms with E-state index in [9.17, 15) is 9.18 Å². The van der Waals surface area contributed by atoms with Crippen LogP contribution >= 0.6 is 11.6 Å². The molecule has 0 spiro atoms. The van der Waals surface area contributed by atoms with E-state index in [-0.39, 0.29) is 11.7 Å². The second kappa shape index (κ2) is 7.91. The molecule has 1 amide bonds. The van der Waals surface area contributed by atoms with E-state index in [1.54, 1.807) is 33.8 Å². The molecule has 152 valence electrons. The Balaban J connectivity index is 1.38. The van der Waals surface area contributed by atoms with Crippen molar-refractivity contribution < 1.29 is 13.6 Å². The van der Waals surface area contributed by atoms with Gasteiger partial charge in [0.2, 0.25) is 0 Å². The molecule has 1 aromatic carbocycles. The zero-order valence-corrected chi connectivity index (χ0v) is 17.1. The summed E-state index contributed by atoms with van der Waals surface area (Å²) >= 11 is 6.19. The molecule has 1 fully saturated rings. The molecule has 4 rings (SSSR count). The Morgan fingerprint density at radius 3 is 2.41 bits per heavy atom. The number of carbonyl (C=O) groups is 1. The van der Waals surface area contributed by atoms with E-state index in [4.69, 9.17) is 16.0 Å². The molecule has 0 unspecified atom stereocenters. The number of hydrogen-bond donors (Lipinski definition) is 0. The Kier molecular flexibility index (Phi) is 5.32. The molecule has 0 bridgehead atoms. The summed E-state index contributed by atoms with van der Waals surface area (Å²) in [6.07, 6.45) is 0. The third-order valence-electron chi connectivity index (χ3n) is 5.23. The molecule has 0 aliphatic carbocycles. The Bertz CT molecular complexity index is 1020. The van der Waals surface area contributed by atoms with Crippen molar-refractivity contribution >= 4 is 23.2 Å². The molecule has 1 saturated heterocycles. The van der Waals surface area contributed by atoms with Crippen LogP contribution in [0, 0.1) is 19.7 Å². The van der Waals surface area contributed by atoms with E-state index in [1.165, 1.54) is 12.1 Å². The highest BCUT2D eigenvalue weighted by molar-refractivity contribution is 6.31. The summed E-state index contributed by atoms with van der Waals surface area (Å²) in [6, 6.07) is 9.93. The maximum absolute atomic E-state index is 13.1. The third kappa shape index (κ3) is 4.00. The summed E-state index contributed by atoms with van der Waals surface area (Å²) in [5.74, 6) is 0.601. The predicted octanol–water partition coefficient (Wildman–Crippen LogP) is 3.90. The standard InChI is InChI=1S/C21H22ClFN4O2/c1-14-20(22)15(2)27(24-14)13-18-7-8-19(29-18)21(28)26-11-9-25(10-12-26)17-5-3-16(23)4-6-17/h3-8H,9-13H2,1-2H3. The minimum absolute atomic E-state index is 0.124. The number of piperazine rings is 1. The number of halogens is 2. The van der Waals surface area contributed by atoms with Crippen LogP contribution in [0.4, 0.5) is 10.1 Å². The van der Waals surface area contributed by atoms with Gasteiger partial charge in [0.1, 0.15) is 11.6 Å². The van der Waals surface area contributed by atoms with Gasteiger partial charge in [-0.15, -0.1) is 0 Å². The van der Waals surface area contributed by atoms with Gasteiger partial charge in [0, 0.05) is 31.9 Å². The number of anilines is 1. The van der Waals surface area contributed by atoms with E-state index in [1.807, 2.05) is 13.8 Å². The van der Waals surface area contributed by atoms with Crippen LogP contribution in [0.1, 0.15) is 27.7 Å². The molecule has 29 heavy (non-hydrogen) atoms. The molecular formula is C21H22ClFN4O2. The first-order valence-electron chi connectivity index (χ1n) is 9.50. The normalized spacial score (nSPS) is 14.5. The van der Waals surface area contributed by atoms with Crippen LogP contribution in [0.15, 0.2) is 40.8 Å². The van der Waals surface area contributed by atoms with Crippen LogP contribution in [0.3, 0.4) is 0 Å². The highest BCUT2D eigenvalue weighted by atomic mass is 35.5. The van der Waals surface area contributed by atoms with Gasteiger partial charge in [-0.25, -0.2) is 4.39 Å². The van der Waals surface area contributed by atoms with Crippen molar-refractivity contribution in [1.29, 1.82) is 0 Å². The van der Waals surface area contributed by atoms with Crippen molar-refractivity contribution in [3.05, 3.63) is 70.1 Å². The summed E-state index contributed by atoms with van der Waals surface area (Å²) < 4.78 is 20.6. The topological polar surface area (TPSA) is 54.5 Å². The zero-order chi connectivity index (χ0) is 20.5. The summed E-state index contributed by atoms with van der Waals surface area (Å²) in [6.45, 7) is 6.72. The number of amides is 1. The van der Waals surface area contributed by atoms with E-state index in [2.05, 4.69) is 10.00 Å². The monoisotopic (exact) mass is 416 g/mol. The Labute approximate surface area is 173 Å². The summed E-state index contributed by atoms with van der Waals surface area (Å²) in [4.78, 5) is 16.7. The average molecular weight is 417 g/mol. The molecular weight excluding hydrogens is 395 g/mol. The van der Waals surface area contributed by atoms with Gasteiger partial charge in [-0.3, -0.25) is 9.48 Å². The first-order valence-corrected chi connectivity index (χ1v) is 9.88. The lowest BCUT2D eigenvalue weighted by Crippen LogP contribution is -2.48. The smallest absolute Gasteiger partial charge is 0.289 e. The third-order valence-corrected chi connectivity index (χ3v) is 5.78. The van der Waals surface area contributed by atoms with Gasteiger partial charge in [0.15, 0.2) is 5.76 Å². The van der Waals surface area contributed by atoms with E-state index in [0.717, 1.165) is 17.1 Å². The number of carbonyl (C=O) groups excluding carboxylic acids is 1. The number of nitrogens with zero attached hydrogens (tertiary/aromatic N) is 4. The number of aromatic nitrogens is 2. The van der Waals surface area contributed by atoms with Crippen molar-refractivity contribution in [2.45, 2.75) is 20.4 Å². The van der Waals surface area contributed by atoms with Crippen LogP contribution in [0.2, 0.25) is 5.02 Å². The quantitative estimate of drug-likeness (QED) is 0.647. The molecule has 8 heteroatoms. The minimum Gasteiger partial charge on any atom is -0.454 e. The minimum atomic E-state index is -0.251. The van der Waals surface area contributed by atoms with Gasteiger partial charge in [0.25, 0.3) is 5.91 Å². The first kappa shape index (κ1) is 19.5. The number of rotatable bonds is 4. The summed E-state index contributed by atoms with van der Waals surface area (Å²) in [7, 11) is 0. The zero-order valence-electron chi connectivity index (χ0n) is 16.4. The van der Waals surface area contributed by atoms with Crippen molar-refractivity contribution in [3.8, 4) is 0 Å². The maximum atomic E-state index is 13.1. The molecule has 0 radical (unpaired) electrons. The van der Waals surface area contributed by atoms with E-state index >= 15 is 0 Å². The lowest BCUT2D eigenvalue weighted by atomic mass is 10.2. The lowest BCUT2D eigenvalue weighted by Gasteiger charge is -2.35. The van der Waals surface area contributed by atoms with E-state index < -0.39 is 0 Å². The number of benzene rings is 1. The Hall–Kier alpha value is -2.80. The molecule has 2 aromatic heterocycles. The van der Waals surface area contributed by atoms with Crippen LogP contribution in [0.25, 0.3) is 0 Å². The second-order valence-electron chi connectivity index (χ2n) is 7.16. The first-order chi connectivity index (χ1) is 13.9. The molecule has 3 heterocycles. The van der Waals surface area contributed by atoms with E-state index in [0.29, 0.717) is 49.3 Å². The average Bonchev–Trinajstić information content (AvgIpc) is 3.29. The Morgan fingerprint density at radius 1 is 1.10 bits per heavy atom. The van der Waals surface area contributed by atoms with Crippen molar-refractivity contribution in [3.63, 3.8) is 0 Å². The van der Waals surface area contributed by atoms with Crippen LogP contribution in [-0.2, 0) is 6.54 Å². The lowest BCUT2D eigenvalue weighted by molar-refractivity contribution is 0.0712. The molecule has 1 aliphatic rings. The fraction of sp³-hybridized carbons (Fsp3) is 0.333. The SMILES string of the molecule is Cc1nn(Cc2ccc(C(=O)N3CCN(c4ccc(F)cc4)CC3)o2)c(C)c1Cl. The summed E-state index contributed by atoms with van der Waals surface area (Å²) in [5, 5.41) is 5.04. The van der Waals surface area contributed by atoms with Crippen LogP contribution < -0.4 is 4.90 Å². The predicted molar refractivity (Wildman–Crippen MR) is 109 cm³/mol. The molecule has 6 nitrogen and oxygen atoms in total. The maximum Gasteiger partial charge on any atom is 0.289 e. The molecule has 0 N–H and O–H groups in total. The van der Waals surface area contributed by atoms with Crippen LogP contribution in [0.5, 0.6) is 0 Å². The largest absolute Gasteiger partial charge is 0.454 e. The number of furan rings is 1. The number of hydrogen-bond acceptors (Lipinski definition) is 4. The van der Waals surface area contributed by atoms with Gasteiger partial charge in [0.05, 0.1) is 23.0 Å². The Morgan fingerprint density at radius 2 is 1.79 bits per heavy atom. The molecule has 3 aromatic rings. The molecule has 1 aliphatic heterocycles. The summed E-state index contributed by atoms with van der Waals surface area (Å²) in [5.41, 5.74) is 2.60. The van der Waals surface area contributed by atoms with Gasteiger partial charge in [-0.2, -0.15) is 5.10 Å². The molecule has 0 saturated carbocycles. The van der Waals surface area contributed by atoms with Crippen molar-refractivity contribution in [2.75, 3.05) is 31.1 Å². The van der Waals surface area contributed by atoms with Crippen molar-refractivity contribution in [1.82, 2.24) is 14.7 Å². The molecule has 0 atom stereocenters. The van der Waals surface area contributed by atoms with Gasteiger partial charge in [-0.1, -0.05) is 11.6 Å². The van der Waals surface area contributed by atoms with Gasteiger partial charge >= 0.3 is 0 Å². The van der Waals surface area contributed by atoms with Gasteiger partial charge in [-0.05, 0) is 50.2 Å². The second-order valence-corrected chi connectivity index (χ2v) is 7.54. The fourth-order valence-corrected chi connectivity index (χ4v) is 3.67. The van der Waals surface area contributed by atoms with Crippen LogP contribution in [-0.4, -0.2) is 46.8 Å². The highest BCUT2D eigenvalue weighted by Crippen LogP contribution is 2.22. The fourth-order valence-electron chi connectivity index (χ4n) is 3.53. The number of aryl methyl sites for hydroxylation is 1.